The molecule has 5 heteroatoms. The number of nitrogens with zero attached hydrogens (tertiary/aromatic N) is 3. The number of rotatable bonds is 7. The molecule has 5 nitrogen and oxygen atoms in total. The summed E-state index contributed by atoms with van der Waals surface area (Å²) >= 11 is 0. The van der Waals surface area contributed by atoms with E-state index in [4.69, 9.17) is 0 Å². The summed E-state index contributed by atoms with van der Waals surface area (Å²) in [4.78, 5) is 3.96. The largest absolute Gasteiger partial charge is 0.390 e. The second kappa shape index (κ2) is 8.44. The lowest BCUT2D eigenvalue weighted by atomic mass is 9.47. The smallest absolute Gasteiger partial charge is 0.0848 e. The summed E-state index contributed by atoms with van der Waals surface area (Å²) in [6.45, 7) is 14.0. The van der Waals surface area contributed by atoms with Crippen molar-refractivity contribution in [1.82, 2.24) is 9.78 Å². The van der Waals surface area contributed by atoms with Gasteiger partial charge in [-0.05, 0) is 112 Å². The number of hydrogen-bond donors (Lipinski definition) is 2. The van der Waals surface area contributed by atoms with E-state index in [1.165, 1.54) is 32.1 Å². The van der Waals surface area contributed by atoms with Crippen molar-refractivity contribution in [3.63, 3.8) is 0 Å². The van der Waals surface area contributed by atoms with E-state index in [1.807, 2.05) is 24.0 Å². The number of fused-ring (bicyclic) bond motifs is 5. The van der Waals surface area contributed by atoms with Gasteiger partial charge in [0.25, 0.3) is 0 Å². The second-order valence-electron chi connectivity index (χ2n) is 13.5. The molecule has 4 fully saturated rings. The lowest BCUT2D eigenvalue weighted by Crippen LogP contribution is -2.54. The van der Waals surface area contributed by atoms with Crippen LogP contribution in [-0.2, 0) is 13.1 Å². The molecule has 5 rings (SSSR count). The van der Waals surface area contributed by atoms with Crippen molar-refractivity contribution in [1.29, 1.82) is 0 Å². The van der Waals surface area contributed by atoms with E-state index in [-0.39, 0.29) is 5.41 Å². The molecule has 1 aromatic rings. The minimum absolute atomic E-state index is 0.185. The van der Waals surface area contributed by atoms with E-state index in [1.54, 1.807) is 0 Å². The molecule has 0 bridgehead atoms. The van der Waals surface area contributed by atoms with Crippen molar-refractivity contribution >= 4 is 6.72 Å². The molecule has 1 heterocycles. The molecule has 4 aliphatic rings. The zero-order valence-electron chi connectivity index (χ0n) is 22.0. The summed E-state index contributed by atoms with van der Waals surface area (Å²) in [5, 5.41) is 27.7. The highest BCUT2D eigenvalue weighted by atomic mass is 16.3. The average molecular weight is 470 g/mol. The summed E-state index contributed by atoms with van der Waals surface area (Å²) in [5.41, 5.74) is 0.308. The molecule has 9 atom stereocenters. The summed E-state index contributed by atoms with van der Waals surface area (Å²) in [7, 11) is 0. The van der Waals surface area contributed by atoms with Crippen LogP contribution in [0.2, 0.25) is 0 Å². The molecule has 0 spiro atoms. The Labute approximate surface area is 206 Å². The van der Waals surface area contributed by atoms with Crippen LogP contribution in [0.3, 0.4) is 0 Å². The van der Waals surface area contributed by atoms with Crippen LogP contribution in [0.1, 0.15) is 97.5 Å². The molecule has 1 aromatic heterocycles. The van der Waals surface area contributed by atoms with Gasteiger partial charge in [-0.2, -0.15) is 5.10 Å². The Bertz CT molecular complexity index is 911. The zero-order chi connectivity index (χ0) is 24.4. The summed E-state index contributed by atoms with van der Waals surface area (Å²) in [6.07, 6.45) is 15.3. The van der Waals surface area contributed by atoms with Gasteiger partial charge in [-0.25, -0.2) is 0 Å². The predicted octanol–water partition coefficient (Wildman–Crippen LogP) is 5.63. The van der Waals surface area contributed by atoms with Gasteiger partial charge in [-0.15, -0.1) is 0 Å². The molecule has 0 saturated heterocycles. The Hall–Kier alpha value is -1.20. The van der Waals surface area contributed by atoms with E-state index in [0.29, 0.717) is 36.3 Å². The van der Waals surface area contributed by atoms with Gasteiger partial charge in [0.1, 0.15) is 0 Å². The Balaban J connectivity index is 1.34. The van der Waals surface area contributed by atoms with Crippen LogP contribution in [0.5, 0.6) is 0 Å². The number of aliphatic hydroxyl groups is 2. The first-order chi connectivity index (χ1) is 16.0. The summed E-state index contributed by atoms with van der Waals surface area (Å²) in [5.74, 6) is 3.16. The normalized spacial score (nSPS) is 45.3. The molecule has 4 saturated carbocycles. The van der Waals surface area contributed by atoms with Crippen LogP contribution in [0, 0.1) is 40.4 Å². The van der Waals surface area contributed by atoms with Crippen molar-refractivity contribution in [3.05, 3.63) is 18.0 Å². The van der Waals surface area contributed by atoms with E-state index in [2.05, 4.69) is 37.6 Å². The molecule has 0 aromatic carbocycles. The van der Waals surface area contributed by atoms with Crippen LogP contribution in [0.4, 0.5) is 0 Å². The van der Waals surface area contributed by atoms with Gasteiger partial charge in [0.05, 0.1) is 30.5 Å². The molecular formula is C29H47N3O2. The van der Waals surface area contributed by atoms with Gasteiger partial charge < -0.3 is 10.2 Å². The van der Waals surface area contributed by atoms with E-state index < -0.39 is 11.2 Å². The third-order valence-electron chi connectivity index (χ3n) is 11.3. The average Bonchev–Trinajstić information content (AvgIpc) is 3.41. The number of hydrogen-bond acceptors (Lipinski definition) is 4. The van der Waals surface area contributed by atoms with E-state index in [0.717, 1.165) is 49.5 Å². The minimum atomic E-state index is -0.781. The molecule has 4 aliphatic carbocycles. The van der Waals surface area contributed by atoms with Crippen molar-refractivity contribution < 1.29 is 10.2 Å². The molecule has 190 valence electrons. The first-order valence-corrected chi connectivity index (χ1v) is 13.9. The number of aromatic nitrogens is 2. The highest BCUT2D eigenvalue weighted by Gasteiger charge is 2.64. The Kier molecular flexibility index (Phi) is 6.08. The maximum Gasteiger partial charge on any atom is 0.0848 e. The topological polar surface area (TPSA) is 70.6 Å². The summed E-state index contributed by atoms with van der Waals surface area (Å²) in [6, 6.07) is 0. The van der Waals surface area contributed by atoms with Crippen LogP contribution < -0.4 is 0 Å². The standard InChI is InChI=1S/C29H47N3O2/c1-6-12-29(34)14-21-7-8-22-23-9-10-25(26(23,2)13-11-24(22)27(21,3)18-29)28(4,33)19-32-17-20(15-30-5)16-31-32/h16-17,21-25,33-34H,5-15,18-19H2,1-4H3/t21?,22-,23?,24?,25-,26-,27-,28-,29-/m0/s1. The first kappa shape index (κ1) is 24.5. The molecule has 3 unspecified atom stereocenters. The molecule has 0 aliphatic heterocycles. The Morgan fingerprint density at radius 2 is 1.94 bits per heavy atom. The van der Waals surface area contributed by atoms with Crippen molar-refractivity contribution in [2.45, 2.75) is 116 Å². The van der Waals surface area contributed by atoms with Crippen molar-refractivity contribution in [2.24, 2.45) is 45.4 Å². The number of aliphatic imine (C=N–C) groups is 1. The van der Waals surface area contributed by atoms with Gasteiger partial charge in [0.15, 0.2) is 0 Å². The van der Waals surface area contributed by atoms with Crippen molar-refractivity contribution in [3.8, 4) is 0 Å². The third kappa shape index (κ3) is 3.80. The quantitative estimate of drug-likeness (QED) is 0.508. The van der Waals surface area contributed by atoms with E-state index >= 15 is 0 Å². The summed E-state index contributed by atoms with van der Waals surface area (Å²) < 4.78 is 1.90. The molecule has 34 heavy (non-hydrogen) atoms. The van der Waals surface area contributed by atoms with Crippen molar-refractivity contribution in [2.75, 3.05) is 0 Å². The second-order valence-corrected chi connectivity index (χ2v) is 13.5. The predicted molar refractivity (Wildman–Crippen MR) is 137 cm³/mol. The van der Waals surface area contributed by atoms with Gasteiger partial charge in [0.2, 0.25) is 0 Å². The van der Waals surface area contributed by atoms with Gasteiger partial charge >= 0.3 is 0 Å². The lowest BCUT2D eigenvalue weighted by molar-refractivity contribution is -0.125. The first-order valence-electron chi connectivity index (χ1n) is 13.9. The van der Waals surface area contributed by atoms with Gasteiger partial charge in [0, 0.05) is 11.8 Å². The zero-order valence-corrected chi connectivity index (χ0v) is 22.0. The minimum Gasteiger partial charge on any atom is -0.390 e. The van der Waals surface area contributed by atoms with E-state index in [9.17, 15) is 10.2 Å². The fourth-order valence-corrected chi connectivity index (χ4v) is 10.2. The molecular weight excluding hydrogens is 422 g/mol. The highest BCUT2D eigenvalue weighted by Crippen LogP contribution is 2.70. The monoisotopic (exact) mass is 469 g/mol. The Morgan fingerprint density at radius 1 is 1.18 bits per heavy atom. The van der Waals surface area contributed by atoms with Gasteiger partial charge in [-0.1, -0.05) is 27.2 Å². The molecule has 0 amide bonds. The molecule has 0 radical (unpaired) electrons. The van der Waals surface area contributed by atoms with Gasteiger partial charge in [-0.3, -0.25) is 9.67 Å². The lowest BCUT2D eigenvalue weighted by Gasteiger charge is -2.58. The fourth-order valence-electron chi connectivity index (χ4n) is 10.2. The maximum absolute atomic E-state index is 11.8. The third-order valence-corrected chi connectivity index (χ3v) is 11.3. The van der Waals surface area contributed by atoms with Crippen LogP contribution in [-0.4, -0.2) is 37.9 Å². The Morgan fingerprint density at radius 3 is 2.68 bits per heavy atom. The molecule has 2 N–H and O–H groups in total. The highest BCUT2D eigenvalue weighted by molar-refractivity contribution is 5.24. The fraction of sp³-hybridized carbons (Fsp3) is 0.862. The maximum atomic E-state index is 11.8. The van der Waals surface area contributed by atoms with Crippen LogP contribution in [0.15, 0.2) is 17.4 Å². The van der Waals surface area contributed by atoms with Crippen LogP contribution in [0.25, 0.3) is 0 Å². The SMILES string of the molecule is C=NCc1cnn(C[C@](C)(O)[C@H]2CCC3[C@@H]4CCC5C[C@@](O)(CCC)C[C@]5(C)C4CC[C@@]32C)c1. The van der Waals surface area contributed by atoms with Crippen LogP contribution >= 0.6 is 0 Å².